The third kappa shape index (κ3) is 4.47. The van der Waals surface area contributed by atoms with E-state index < -0.39 is 36.5 Å². The molecule has 0 aliphatic heterocycles. The summed E-state index contributed by atoms with van der Waals surface area (Å²) in [7, 11) is 0. The number of carbonyl (C=O) groups is 1. The second-order valence-electron chi connectivity index (χ2n) is 2.36. The number of ether oxygens (including phenoxy) is 1. The summed E-state index contributed by atoms with van der Waals surface area (Å²) >= 11 is 0. The molecule has 0 saturated carbocycles. The van der Waals surface area contributed by atoms with E-state index in [1.165, 1.54) is 0 Å². The van der Waals surface area contributed by atoms with Crippen LogP contribution >= 0.6 is 0 Å². The fourth-order valence-electron chi connectivity index (χ4n) is 0.533. The summed E-state index contributed by atoms with van der Waals surface area (Å²) in [6.07, 6.45) is -13.3. The smallest absolute Gasteiger partial charge is 0.478 e. The first-order valence-electron chi connectivity index (χ1n) is 3.32. The number of alkyl halides is 7. The topological polar surface area (TPSA) is 46.5 Å². The molecule has 0 rings (SSSR count). The van der Waals surface area contributed by atoms with Crippen LogP contribution < -0.4 is 0 Å². The fraction of sp³-hybridized carbons (Fsp3) is 0.500. The minimum absolute atomic E-state index is 0.445. The van der Waals surface area contributed by atoms with E-state index in [-0.39, 0.29) is 0 Å². The van der Waals surface area contributed by atoms with Crippen LogP contribution in [-0.2, 0) is 9.53 Å². The van der Waals surface area contributed by atoms with Crippen molar-refractivity contribution in [1.82, 2.24) is 0 Å². The lowest BCUT2D eigenvalue weighted by molar-refractivity contribution is -0.432. The van der Waals surface area contributed by atoms with E-state index in [1.54, 1.807) is 0 Å². The molecule has 1 atom stereocenters. The van der Waals surface area contributed by atoms with Crippen molar-refractivity contribution in [2.45, 2.75) is 18.4 Å². The van der Waals surface area contributed by atoms with Crippen LogP contribution in [0.1, 0.15) is 0 Å². The van der Waals surface area contributed by atoms with Crippen LogP contribution in [0.2, 0.25) is 0 Å². The molecule has 0 aliphatic rings. The summed E-state index contributed by atoms with van der Waals surface area (Å²) < 4.78 is 84.8. The van der Waals surface area contributed by atoms with Crippen molar-refractivity contribution in [3.05, 3.63) is 12.2 Å². The highest BCUT2D eigenvalue weighted by molar-refractivity contribution is 5.79. The summed E-state index contributed by atoms with van der Waals surface area (Å²) in [5.74, 6) is -7.29. The summed E-state index contributed by atoms with van der Waals surface area (Å²) in [4.78, 5) is 9.78. The van der Waals surface area contributed by atoms with Crippen LogP contribution in [0.15, 0.2) is 12.2 Å². The van der Waals surface area contributed by atoms with Crippen LogP contribution in [-0.4, -0.2) is 29.5 Å². The Labute approximate surface area is 83.1 Å². The first kappa shape index (κ1) is 14.7. The van der Waals surface area contributed by atoms with Gasteiger partial charge in [0, 0.05) is 6.08 Å². The Bertz CT molecular complexity index is 291. The van der Waals surface area contributed by atoms with Crippen LogP contribution in [0.5, 0.6) is 0 Å². The summed E-state index contributed by atoms with van der Waals surface area (Å²) in [5.41, 5.74) is 0. The normalized spacial score (nSPS) is 17.4. The maximum absolute atomic E-state index is 12.7. The molecule has 0 aromatic carbocycles. The Morgan fingerprint density at radius 2 is 1.50 bits per heavy atom. The van der Waals surface area contributed by atoms with Gasteiger partial charge >= 0.3 is 24.4 Å². The highest BCUT2D eigenvalue weighted by atomic mass is 19.4. The zero-order chi connectivity index (χ0) is 13.2. The van der Waals surface area contributed by atoms with Gasteiger partial charge in [0.15, 0.2) is 0 Å². The number of rotatable bonds is 3. The highest BCUT2D eigenvalue weighted by Crippen LogP contribution is 2.40. The van der Waals surface area contributed by atoms with Gasteiger partial charge < -0.3 is 5.11 Å². The molecular weight excluding hydrogens is 253 g/mol. The monoisotopic (exact) mass is 256 g/mol. The molecule has 94 valence electrons. The third-order valence-electron chi connectivity index (χ3n) is 1.09. The fourth-order valence-corrected chi connectivity index (χ4v) is 0.533. The second-order valence-corrected chi connectivity index (χ2v) is 2.36. The van der Waals surface area contributed by atoms with Crippen molar-refractivity contribution >= 4 is 5.97 Å². The van der Waals surface area contributed by atoms with Gasteiger partial charge in [-0.15, -0.1) is 13.2 Å². The SMILES string of the molecule is O=C(O)/C=C/[C@@](F)(OC(F)(F)F)C(F)(F)F. The molecule has 0 radical (unpaired) electrons. The first-order chi connectivity index (χ1) is 6.87. The highest BCUT2D eigenvalue weighted by Gasteiger charge is 2.61. The zero-order valence-corrected chi connectivity index (χ0v) is 7.06. The van der Waals surface area contributed by atoms with Gasteiger partial charge in [0.25, 0.3) is 0 Å². The predicted molar refractivity (Wildman–Crippen MR) is 33.8 cm³/mol. The summed E-state index contributed by atoms with van der Waals surface area (Å²) in [6, 6.07) is 0. The Kier molecular flexibility index (Phi) is 3.92. The Morgan fingerprint density at radius 3 is 1.75 bits per heavy atom. The molecule has 0 aromatic rings. The number of hydrogen-bond acceptors (Lipinski definition) is 2. The van der Waals surface area contributed by atoms with Crippen molar-refractivity contribution in [1.29, 1.82) is 0 Å². The number of aliphatic carboxylic acids is 1. The predicted octanol–water partition coefficient (Wildman–Crippen LogP) is 2.39. The number of carboxylic acid groups (broad SMARTS) is 1. The van der Waals surface area contributed by atoms with Gasteiger partial charge in [0.1, 0.15) is 0 Å². The van der Waals surface area contributed by atoms with E-state index in [2.05, 4.69) is 4.74 Å². The maximum Gasteiger partial charge on any atom is 0.525 e. The van der Waals surface area contributed by atoms with Crippen molar-refractivity contribution in [2.24, 2.45) is 0 Å². The van der Waals surface area contributed by atoms with Gasteiger partial charge in [-0.1, -0.05) is 0 Å². The van der Waals surface area contributed by atoms with Crippen LogP contribution in [0, 0.1) is 0 Å². The molecule has 0 saturated heterocycles. The average molecular weight is 256 g/mol. The molecule has 0 fully saturated rings. The number of halogens is 7. The van der Waals surface area contributed by atoms with Gasteiger partial charge in [-0.2, -0.15) is 17.6 Å². The third-order valence-corrected chi connectivity index (χ3v) is 1.09. The van der Waals surface area contributed by atoms with Crippen molar-refractivity contribution in [2.75, 3.05) is 0 Å². The molecule has 10 heteroatoms. The molecule has 0 unspecified atom stereocenters. The van der Waals surface area contributed by atoms with E-state index in [0.717, 1.165) is 0 Å². The molecule has 16 heavy (non-hydrogen) atoms. The molecule has 0 bridgehead atoms. The summed E-state index contributed by atoms with van der Waals surface area (Å²) in [5, 5.41) is 7.88. The van der Waals surface area contributed by atoms with E-state index in [0.29, 0.717) is 0 Å². The van der Waals surface area contributed by atoms with Gasteiger partial charge in [0.2, 0.25) is 0 Å². The molecule has 0 aromatic heterocycles. The Morgan fingerprint density at radius 1 is 1.06 bits per heavy atom. The largest absolute Gasteiger partial charge is 0.525 e. The first-order valence-corrected chi connectivity index (χ1v) is 3.32. The van der Waals surface area contributed by atoms with Crippen LogP contribution in [0.4, 0.5) is 30.7 Å². The van der Waals surface area contributed by atoms with E-state index in [1.807, 2.05) is 0 Å². The molecule has 0 aliphatic carbocycles. The number of hydrogen-bond donors (Lipinski definition) is 1. The van der Waals surface area contributed by atoms with Gasteiger partial charge in [-0.25, -0.2) is 9.53 Å². The van der Waals surface area contributed by atoms with Crippen molar-refractivity contribution in [3.8, 4) is 0 Å². The Balaban J connectivity index is 5.14. The van der Waals surface area contributed by atoms with Crippen molar-refractivity contribution in [3.63, 3.8) is 0 Å². The van der Waals surface area contributed by atoms with E-state index in [4.69, 9.17) is 5.11 Å². The minimum Gasteiger partial charge on any atom is -0.478 e. The molecule has 0 heterocycles. The molecule has 3 nitrogen and oxygen atoms in total. The number of carboxylic acids is 1. The lowest BCUT2D eigenvalue weighted by atomic mass is 10.2. The lowest BCUT2D eigenvalue weighted by Gasteiger charge is -2.25. The van der Waals surface area contributed by atoms with Crippen molar-refractivity contribution < 1.29 is 45.4 Å². The second kappa shape index (κ2) is 4.28. The van der Waals surface area contributed by atoms with Gasteiger partial charge in [-0.05, 0) is 6.08 Å². The van der Waals surface area contributed by atoms with Gasteiger partial charge in [-0.3, -0.25) is 0 Å². The molecule has 1 N–H and O–H groups in total. The maximum atomic E-state index is 12.7. The average Bonchev–Trinajstić information content (AvgIpc) is 1.95. The van der Waals surface area contributed by atoms with Crippen LogP contribution in [0.3, 0.4) is 0 Å². The zero-order valence-electron chi connectivity index (χ0n) is 7.06. The molecule has 0 spiro atoms. The Hall–Kier alpha value is -1.32. The quantitative estimate of drug-likeness (QED) is 0.623. The standard InChI is InChI=1S/C6H3F7O3/c7-4(5(8,9)10,2-1-3(14)15)16-6(11,12)13/h1-2H,(H,14,15)/b2-1+/t4-/m1/s1. The molecule has 0 amide bonds. The van der Waals surface area contributed by atoms with Crippen LogP contribution in [0.25, 0.3) is 0 Å². The lowest BCUT2D eigenvalue weighted by Crippen LogP contribution is -2.45. The molecular formula is C6H3F7O3. The van der Waals surface area contributed by atoms with Gasteiger partial charge in [0.05, 0.1) is 0 Å². The van der Waals surface area contributed by atoms with E-state index >= 15 is 0 Å². The minimum atomic E-state index is -6.06. The van der Waals surface area contributed by atoms with E-state index in [9.17, 15) is 35.5 Å². The summed E-state index contributed by atoms with van der Waals surface area (Å²) in [6.45, 7) is 0.